The van der Waals surface area contributed by atoms with Crippen LogP contribution in [0.5, 0.6) is 5.75 Å². The number of ketones is 1. The quantitative estimate of drug-likeness (QED) is 0.413. The van der Waals surface area contributed by atoms with E-state index in [1.807, 2.05) is 35.7 Å². The van der Waals surface area contributed by atoms with Gasteiger partial charge in [0.2, 0.25) is 5.91 Å². The molecule has 2 aromatic carbocycles. The maximum atomic E-state index is 12.1. The zero-order valence-electron chi connectivity index (χ0n) is 16.3. The van der Waals surface area contributed by atoms with Crippen LogP contribution in [0, 0.1) is 0 Å². The van der Waals surface area contributed by atoms with Crippen molar-refractivity contribution in [2.75, 3.05) is 19.0 Å². The van der Waals surface area contributed by atoms with Crippen LogP contribution in [-0.4, -0.2) is 36.4 Å². The van der Waals surface area contributed by atoms with Crippen molar-refractivity contribution in [2.24, 2.45) is 0 Å². The van der Waals surface area contributed by atoms with Crippen LogP contribution in [0.2, 0.25) is 0 Å². The van der Waals surface area contributed by atoms with Crippen LogP contribution in [0.25, 0.3) is 11.3 Å². The Kier molecular flexibility index (Phi) is 7.29. The van der Waals surface area contributed by atoms with Crippen molar-refractivity contribution in [3.05, 3.63) is 65.5 Å². The number of nitrogens with one attached hydrogen (secondary N) is 1. The van der Waals surface area contributed by atoms with Crippen LogP contribution in [0.1, 0.15) is 23.2 Å². The van der Waals surface area contributed by atoms with Gasteiger partial charge in [-0.15, -0.1) is 11.3 Å². The number of aromatic nitrogens is 1. The number of carbonyl (C=O) groups excluding carboxylic acids is 3. The largest absolute Gasteiger partial charge is 0.497 e. The van der Waals surface area contributed by atoms with Crippen molar-refractivity contribution >= 4 is 34.1 Å². The van der Waals surface area contributed by atoms with Crippen LogP contribution < -0.4 is 10.1 Å². The molecule has 0 saturated carbocycles. The van der Waals surface area contributed by atoms with E-state index in [0.717, 1.165) is 11.3 Å². The number of anilines is 1. The third-order valence-corrected chi connectivity index (χ3v) is 4.89. The number of thiazole rings is 1. The molecule has 0 aliphatic carbocycles. The van der Waals surface area contributed by atoms with E-state index in [4.69, 9.17) is 9.47 Å². The Balaban J connectivity index is 1.42. The van der Waals surface area contributed by atoms with E-state index < -0.39 is 5.97 Å². The number of methoxy groups -OCH3 is 1. The minimum atomic E-state index is -0.620. The average Bonchev–Trinajstić information content (AvgIpc) is 3.25. The summed E-state index contributed by atoms with van der Waals surface area (Å²) in [7, 11) is 1.50. The van der Waals surface area contributed by atoms with Gasteiger partial charge in [-0.3, -0.25) is 14.4 Å². The maximum Gasteiger partial charge on any atom is 0.306 e. The summed E-state index contributed by atoms with van der Waals surface area (Å²) in [6.07, 6.45) is -0.194. The Hall–Kier alpha value is -3.52. The molecular formula is C22H20N2O5S. The summed E-state index contributed by atoms with van der Waals surface area (Å²) in [6.45, 7) is -0.388. The highest BCUT2D eigenvalue weighted by molar-refractivity contribution is 7.14. The summed E-state index contributed by atoms with van der Waals surface area (Å²) in [6, 6.07) is 16.2. The minimum Gasteiger partial charge on any atom is -0.497 e. The topological polar surface area (TPSA) is 94.6 Å². The van der Waals surface area contributed by atoms with Crippen molar-refractivity contribution < 1.29 is 23.9 Å². The fourth-order valence-corrected chi connectivity index (χ4v) is 3.30. The van der Waals surface area contributed by atoms with Crippen molar-refractivity contribution in [2.45, 2.75) is 12.8 Å². The number of benzene rings is 2. The molecule has 0 fully saturated rings. The minimum absolute atomic E-state index is 0.0631. The van der Waals surface area contributed by atoms with Crippen LogP contribution >= 0.6 is 11.3 Å². The van der Waals surface area contributed by atoms with E-state index in [9.17, 15) is 14.4 Å². The number of esters is 1. The van der Waals surface area contributed by atoms with Gasteiger partial charge in [0.1, 0.15) is 5.75 Å². The van der Waals surface area contributed by atoms with Crippen LogP contribution in [0.15, 0.2) is 60.0 Å². The van der Waals surface area contributed by atoms with E-state index >= 15 is 0 Å². The van der Waals surface area contributed by atoms with Crippen LogP contribution in [0.4, 0.5) is 5.13 Å². The molecule has 0 saturated heterocycles. The van der Waals surface area contributed by atoms with Gasteiger partial charge < -0.3 is 14.8 Å². The first-order valence-electron chi connectivity index (χ1n) is 9.19. The molecule has 8 heteroatoms. The number of hydrogen-bond donors (Lipinski definition) is 1. The Morgan fingerprint density at radius 2 is 1.83 bits per heavy atom. The summed E-state index contributed by atoms with van der Waals surface area (Å²) in [5.41, 5.74) is 2.11. The molecule has 7 nitrogen and oxygen atoms in total. The summed E-state index contributed by atoms with van der Waals surface area (Å²) < 4.78 is 10.0. The van der Waals surface area contributed by atoms with Crippen molar-refractivity contribution in [3.8, 4) is 17.0 Å². The molecule has 0 atom stereocenters. The van der Waals surface area contributed by atoms with Gasteiger partial charge in [-0.1, -0.05) is 42.5 Å². The molecule has 154 valence electrons. The van der Waals surface area contributed by atoms with Gasteiger partial charge in [0.25, 0.3) is 0 Å². The lowest BCUT2D eigenvalue weighted by Crippen LogP contribution is -2.17. The van der Waals surface area contributed by atoms with Gasteiger partial charge in [0, 0.05) is 22.9 Å². The molecule has 3 rings (SSSR count). The third-order valence-electron chi connectivity index (χ3n) is 4.13. The molecule has 0 unspecified atom stereocenters. The van der Waals surface area contributed by atoms with Crippen molar-refractivity contribution in [1.82, 2.24) is 4.98 Å². The van der Waals surface area contributed by atoms with Crippen molar-refractivity contribution in [3.63, 3.8) is 0 Å². The molecular weight excluding hydrogens is 404 g/mol. The van der Waals surface area contributed by atoms with E-state index in [-0.39, 0.29) is 31.1 Å². The van der Waals surface area contributed by atoms with E-state index in [1.54, 1.807) is 24.3 Å². The molecule has 1 heterocycles. The average molecular weight is 424 g/mol. The SMILES string of the molecule is COc1cccc(C(=O)COC(=O)CCC(=O)Nc2nc(-c3ccccc3)cs2)c1. The first-order chi connectivity index (χ1) is 14.5. The maximum absolute atomic E-state index is 12.1. The predicted molar refractivity (Wildman–Crippen MR) is 114 cm³/mol. The highest BCUT2D eigenvalue weighted by atomic mass is 32.1. The molecule has 1 N–H and O–H groups in total. The summed E-state index contributed by atoms with van der Waals surface area (Å²) in [5, 5.41) is 4.98. The fourth-order valence-electron chi connectivity index (χ4n) is 2.57. The summed E-state index contributed by atoms with van der Waals surface area (Å²) in [5.74, 6) is -0.769. The van der Waals surface area contributed by atoms with Crippen LogP contribution in [-0.2, 0) is 14.3 Å². The summed E-state index contributed by atoms with van der Waals surface area (Å²) >= 11 is 1.31. The number of amides is 1. The predicted octanol–water partition coefficient (Wildman–Crippen LogP) is 3.96. The molecule has 30 heavy (non-hydrogen) atoms. The van der Waals surface area contributed by atoms with E-state index in [1.165, 1.54) is 18.4 Å². The standard InChI is InChI=1S/C22H20N2O5S/c1-28-17-9-5-8-16(12-17)19(25)13-29-21(27)11-10-20(26)24-22-23-18(14-30-22)15-6-3-2-4-7-15/h2-9,12,14H,10-11,13H2,1H3,(H,23,24,26). The Labute approximate surface area is 177 Å². The molecule has 1 amide bonds. The first-order valence-corrected chi connectivity index (χ1v) is 10.1. The highest BCUT2D eigenvalue weighted by Gasteiger charge is 2.13. The Morgan fingerprint density at radius 3 is 2.60 bits per heavy atom. The molecule has 0 aliphatic heterocycles. The van der Waals surface area contributed by atoms with Gasteiger partial charge in [0.15, 0.2) is 17.5 Å². The van der Waals surface area contributed by atoms with Gasteiger partial charge in [-0.05, 0) is 12.1 Å². The molecule has 0 spiro atoms. The lowest BCUT2D eigenvalue weighted by Gasteiger charge is -2.06. The second kappa shape index (κ2) is 10.3. The lowest BCUT2D eigenvalue weighted by molar-refractivity contribution is -0.143. The molecule has 1 aromatic heterocycles. The van der Waals surface area contributed by atoms with Gasteiger partial charge in [0.05, 0.1) is 19.2 Å². The molecule has 0 radical (unpaired) electrons. The molecule has 0 aliphatic rings. The number of carbonyl (C=O) groups is 3. The van der Waals surface area contributed by atoms with E-state index in [0.29, 0.717) is 16.4 Å². The van der Waals surface area contributed by atoms with Crippen molar-refractivity contribution in [1.29, 1.82) is 0 Å². The smallest absolute Gasteiger partial charge is 0.306 e. The van der Waals surface area contributed by atoms with Gasteiger partial charge in [-0.2, -0.15) is 0 Å². The number of Topliss-reactive ketones (excluding diaryl/α,β-unsaturated/α-hetero) is 1. The zero-order valence-corrected chi connectivity index (χ0v) is 17.1. The van der Waals surface area contributed by atoms with Crippen LogP contribution in [0.3, 0.4) is 0 Å². The fraction of sp³-hybridized carbons (Fsp3) is 0.182. The molecule has 0 bridgehead atoms. The number of nitrogens with zero attached hydrogens (tertiary/aromatic N) is 1. The zero-order chi connectivity index (χ0) is 21.3. The van der Waals surface area contributed by atoms with E-state index in [2.05, 4.69) is 10.3 Å². The second-order valence-corrected chi connectivity index (χ2v) is 7.13. The first kappa shape index (κ1) is 21.2. The lowest BCUT2D eigenvalue weighted by atomic mass is 10.1. The number of ether oxygens (including phenoxy) is 2. The monoisotopic (exact) mass is 424 g/mol. The number of rotatable bonds is 9. The second-order valence-electron chi connectivity index (χ2n) is 6.27. The van der Waals surface area contributed by atoms with Gasteiger partial charge in [-0.25, -0.2) is 4.98 Å². The Morgan fingerprint density at radius 1 is 1.03 bits per heavy atom. The summed E-state index contributed by atoms with van der Waals surface area (Å²) in [4.78, 5) is 40.4. The normalized spacial score (nSPS) is 10.3. The highest BCUT2D eigenvalue weighted by Crippen LogP contribution is 2.24. The number of hydrogen-bond acceptors (Lipinski definition) is 7. The van der Waals surface area contributed by atoms with Gasteiger partial charge >= 0.3 is 5.97 Å². The molecule has 3 aromatic rings. The third kappa shape index (κ3) is 5.99. The Bertz CT molecular complexity index is 1030.